The van der Waals surface area contributed by atoms with Crippen molar-refractivity contribution >= 4 is 23.8 Å². The van der Waals surface area contributed by atoms with Crippen molar-refractivity contribution in [3.8, 4) is 0 Å². The maximum Gasteiger partial charge on any atom is 0.307 e. The summed E-state index contributed by atoms with van der Waals surface area (Å²) in [5.41, 5.74) is 0. The van der Waals surface area contributed by atoms with Gasteiger partial charge in [-0.1, -0.05) is 24.3 Å². The lowest BCUT2D eigenvalue weighted by Gasteiger charge is -2.24. The number of carboxylic acid groups (broad SMARTS) is 2. The fourth-order valence-electron chi connectivity index (χ4n) is 5.94. The van der Waals surface area contributed by atoms with Crippen LogP contribution >= 0.6 is 0 Å². The predicted octanol–water partition coefficient (Wildman–Crippen LogP) is 1.04. The molecule has 8 atom stereocenters. The first-order chi connectivity index (χ1) is 14.4. The Labute approximate surface area is 174 Å². The van der Waals surface area contributed by atoms with E-state index in [-0.39, 0.29) is 35.5 Å². The molecular weight excluding hydrogens is 388 g/mol. The molecule has 2 saturated carbocycles. The molecule has 8 heteroatoms. The maximum atomic E-state index is 12.5. The summed E-state index contributed by atoms with van der Waals surface area (Å²) in [4.78, 5) is 48.0. The zero-order valence-corrected chi connectivity index (χ0v) is 16.7. The molecule has 2 amide bonds. The number of nitrogens with one attached hydrogen (secondary N) is 2. The highest BCUT2D eigenvalue weighted by atomic mass is 16.4. The number of aliphatic carboxylic acids is 2. The second-order valence-electron chi connectivity index (χ2n) is 8.97. The summed E-state index contributed by atoms with van der Waals surface area (Å²) in [5, 5.41) is 24.6. The SMILES string of the molecule is O=C(O)[C@@H]1[C@H](C(=O)NCCCCNC(=O)[C@H]2[C@@H](C(=O)O)[C@H]3C=C[C@H]2C3)[C@@H]2C=C[C@H]1C2. The third-order valence-corrected chi connectivity index (χ3v) is 7.30. The number of allylic oxidation sites excluding steroid dienone is 4. The van der Waals surface area contributed by atoms with Gasteiger partial charge in [0.1, 0.15) is 0 Å². The standard InChI is InChI=1S/C22H28N2O6/c25-19(15-11-3-5-13(9-11)17(15)21(27)28)23-7-1-2-8-24-20(26)16-12-4-6-14(10-12)18(16)22(29)30/h3-6,11-18H,1-2,7-10H2,(H,23,25)(H,24,26)(H,27,28)(H,29,30)/t11-,12+,13-,14-,15+,16+,17-,18-/m0/s1. The zero-order chi connectivity index (χ0) is 21.4. The molecule has 0 unspecified atom stereocenters. The van der Waals surface area contributed by atoms with Crippen molar-refractivity contribution in [2.75, 3.05) is 13.1 Å². The van der Waals surface area contributed by atoms with Crippen LogP contribution in [0.25, 0.3) is 0 Å². The average molecular weight is 416 g/mol. The molecule has 162 valence electrons. The Balaban J connectivity index is 1.17. The summed E-state index contributed by atoms with van der Waals surface area (Å²) in [6.07, 6.45) is 10.5. The van der Waals surface area contributed by atoms with Gasteiger partial charge >= 0.3 is 11.9 Å². The second kappa shape index (κ2) is 8.24. The van der Waals surface area contributed by atoms with Gasteiger partial charge in [-0.15, -0.1) is 0 Å². The quantitative estimate of drug-likeness (QED) is 0.328. The van der Waals surface area contributed by atoms with Gasteiger partial charge in [-0.2, -0.15) is 0 Å². The first-order valence-corrected chi connectivity index (χ1v) is 10.8. The van der Waals surface area contributed by atoms with Crippen LogP contribution in [-0.4, -0.2) is 47.1 Å². The van der Waals surface area contributed by atoms with Crippen LogP contribution in [0.5, 0.6) is 0 Å². The topological polar surface area (TPSA) is 133 Å². The first kappa shape index (κ1) is 20.6. The van der Waals surface area contributed by atoms with Crippen molar-refractivity contribution in [3.05, 3.63) is 24.3 Å². The molecule has 8 nitrogen and oxygen atoms in total. The molecule has 0 aromatic rings. The van der Waals surface area contributed by atoms with Crippen molar-refractivity contribution in [3.63, 3.8) is 0 Å². The lowest BCUT2D eigenvalue weighted by atomic mass is 9.82. The molecule has 0 spiro atoms. The lowest BCUT2D eigenvalue weighted by molar-refractivity contribution is -0.148. The summed E-state index contributed by atoms with van der Waals surface area (Å²) in [6.45, 7) is 0.848. The van der Waals surface area contributed by atoms with E-state index >= 15 is 0 Å². The Hall–Kier alpha value is -2.64. The number of carboxylic acids is 2. The first-order valence-electron chi connectivity index (χ1n) is 10.8. The third-order valence-electron chi connectivity index (χ3n) is 7.30. The molecule has 0 aromatic heterocycles. The van der Waals surface area contributed by atoms with Gasteiger partial charge in [0.25, 0.3) is 0 Å². The van der Waals surface area contributed by atoms with Crippen LogP contribution in [0, 0.1) is 47.3 Å². The van der Waals surface area contributed by atoms with Gasteiger partial charge in [0.2, 0.25) is 11.8 Å². The van der Waals surface area contributed by atoms with Crippen LogP contribution in [0.15, 0.2) is 24.3 Å². The monoisotopic (exact) mass is 416 g/mol. The molecule has 4 aliphatic rings. The highest BCUT2D eigenvalue weighted by molar-refractivity contribution is 5.87. The van der Waals surface area contributed by atoms with Gasteiger partial charge in [-0.05, 0) is 49.4 Å². The molecule has 0 aliphatic heterocycles. The molecule has 0 heterocycles. The lowest BCUT2D eigenvalue weighted by Crippen LogP contribution is -2.41. The fourth-order valence-corrected chi connectivity index (χ4v) is 5.94. The van der Waals surface area contributed by atoms with Gasteiger partial charge < -0.3 is 20.8 Å². The summed E-state index contributed by atoms with van der Waals surface area (Å²) in [5.74, 6) is -4.61. The van der Waals surface area contributed by atoms with Gasteiger partial charge in [0.15, 0.2) is 0 Å². The van der Waals surface area contributed by atoms with Crippen molar-refractivity contribution < 1.29 is 29.4 Å². The molecule has 30 heavy (non-hydrogen) atoms. The van der Waals surface area contributed by atoms with E-state index in [1.807, 2.05) is 24.3 Å². The number of amides is 2. The highest BCUT2D eigenvalue weighted by Crippen LogP contribution is 2.49. The minimum atomic E-state index is -0.912. The van der Waals surface area contributed by atoms with Crippen molar-refractivity contribution in [2.45, 2.75) is 25.7 Å². The van der Waals surface area contributed by atoms with E-state index in [0.29, 0.717) is 25.9 Å². The average Bonchev–Trinajstić information content (AvgIpc) is 3.48. The maximum absolute atomic E-state index is 12.5. The molecule has 0 saturated heterocycles. The normalized spacial score (nSPS) is 37.5. The van der Waals surface area contributed by atoms with Crippen LogP contribution in [0.2, 0.25) is 0 Å². The minimum absolute atomic E-state index is 0.00774. The smallest absolute Gasteiger partial charge is 0.307 e. The van der Waals surface area contributed by atoms with Gasteiger partial charge in [-0.25, -0.2) is 0 Å². The van der Waals surface area contributed by atoms with E-state index in [4.69, 9.17) is 0 Å². The number of hydrogen-bond acceptors (Lipinski definition) is 4. The number of fused-ring (bicyclic) bond motifs is 4. The van der Waals surface area contributed by atoms with Gasteiger partial charge in [0, 0.05) is 13.1 Å². The van der Waals surface area contributed by atoms with E-state index < -0.39 is 35.6 Å². The molecule has 4 bridgehead atoms. The van der Waals surface area contributed by atoms with Crippen molar-refractivity contribution in [1.82, 2.24) is 10.6 Å². The molecule has 0 aromatic carbocycles. The summed E-state index contributed by atoms with van der Waals surface area (Å²) in [7, 11) is 0. The number of carbonyl (C=O) groups excluding carboxylic acids is 2. The molecule has 4 rings (SSSR count). The zero-order valence-electron chi connectivity index (χ0n) is 16.7. The van der Waals surface area contributed by atoms with Crippen LogP contribution in [-0.2, 0) is 19.2 Å². The Bertz CT molecular complexity index is 739. The van der Waals surface area contributed by atoms with Crippen LogP contribution < -0.4 is 10.6 Å². The van der Waals surface area contributed by atoms with Crippen molar-refractivity contribution in [2.24, 2.45) is 47.3 Å². The Morgan fingerprint density at radius 1 is 0.633 bits per heavy atom. The van der Waals surface area contributed by atoms with Crippen LogP contribution in [0.3, 0.4) is 0 Å². The fraction of sp³-hybridized carbons (Fsp3) is 0.636. The van der Waals surface area contributed by atoms with Gasteiger partial charge in [0.05, 0.1) is 23.7 Å². The van der Waals surface area contributed by atoms with E-state index in [2.05, 4.69) is 10.6 Å². The van der Waals surface area contributed by atoms with E-state index in [0.717, 1.165) is 12.8 Å². The Kier molecular flexibility index (Phi) is 5.66. The summed E-state index contributed by atoms with van der Waals surface area (Å²) < 4.78 is 0. The molecular formula is C22H28N2O6. The van der Waals surface area contributed by atoms with Crippen LogP contribution in [0.4, 0.5) is 0 Å². The second-order valence-corrected chi connectivity index (χ2v) is 8.97. The number of carbonyl (C=O) groups is 4. The summed E-state index contributed by atoms with van der Waals surface area (Å²) in [6, 6.07) is 0. The van der Waals surface area contributed by atoms with E-state index in [1.165, 1.54) is 0 Å². The minimum Gasteiger partial charge on any atom is -0.481 e. The number of unbranched alkanes of at least 4 members (excludes halogenated alkanes) is 1. The number of rotatable bonds is 9. The molecule has 0 radical (unpaired) electrons. The molecule has 2 fully saturated rings. The Morgan fingerprint density at radius 2 is 0.967 bits per heavy atom. The Morgan fingerprint density at radius 3 is 1.30 bits per heavy atom. The van der Waals surface area contributed by atoms with Gasteiger partial charge in [-0.3, -0.25) is 19.2 Å². The van der Waals surface area contributed by atoms with E-state index in [9.17, 15) is 29.4 Å². The molecule has 4 aliphatic carbocycles. The predicted molar refractivity (Wildman–Crippen MR) is 106 cm³/mol. The van der Waals surface area contributed by atoms with Crippen molar-refractivity contribution in [1.29, 1.82) is 0 Å². The number of hydrogen-bond donors (Lipinski definition) is 4. The van der Waals surface area contributed by atoms with Crippen LogP contribution in [0.1, 0.15) is 25.7 Å². The largest absolute Gasteiger partial charge is 0.481 e. The third kappa shape index (κ3) is 3.63. The molecule has 4 N–H and O–H groups in total. The summed E-state index contributed by atoms with van der Waals surface area (Å²) >= 11 is 0. The highest BCUT2D eigenvalue weighted by Gasteiger charge is 2.52. The van der Waals surface area contributed by atoms with E-state index in [1.54, 1.807) is 0 Å².